The van der Waals surface area contributed by atoms with E-state index in [2.05, 4.69) is 21.2 Å². The summed E-state index contributed by atoms with van der Waals surface area (Å²) < 4.78 is 13.0. The third-order valence-electron chi connectivity index (χ3n) is 5.77. The maximum atomic E-state index is 13.0. The highest BCUT2D eigenvalue weighted by molar-refractivity contribution is 7.99. The van der Waals surface area contributed by atoms with Crippen molar-refractivity contribution in [1.29, 1.82) is 0 Å². The number of hydrogen-bond acceptors (Lipinski definition) is 7. The van der Waals surface area contributed by atoms with Crippen LogP contribution in [0.3, 0.4) is 0 Å². The molecule has 3 heterocycles. The lowest BCUT2D eigenvalue weighted by atomic mass is 10.2. The van der Waals surface area contributed by atoms with Crippen molar-refractivity contribution in [1.82, 2.24) is 19.7 Å². The molecule has 0 atom stereocenters. The summed E-state index contributed by atoms with van der Waals surface area (Å²) in [5.74, 6) is 2.47. The number of benzene rings is 2. The molecule has 0 N–H and O–H groups in total. The topological polar surface area (TPSA) is 76.6 Å². The first-order chi connectivity index (χ1) is 16.7. The number of ether oxygens (including phenoxy) is 1. The van der Waals surface area contributed by atoms with Gasteiger partial charge in [0.1, 0.15) is 5.75 Å². The highest BCUT2D eigenvalue weighted by Crippen LogP contribution is 2.30. The van der Waals surface area contributed by atoms with E-state index in [1.165, 1.54) is 11.8 Å². The molecule has 0 spiro atoms. The lowest BCUT2D eigenvalue weighted by molar-refractivity contribution is -0.128. The number of carbonyl (C=O) groups excluding carboxylic acids is 1. The molecule has 2 aromatic carbocycles. The van der Waals surface area contributed by atoms with E-state index >= 15 is 0 Å². The van der Waals surface area contributed by atoms with E-state index in [9.17, 15) is 4.79 Å². The van der Waals surface area contributed by atoms with Gasteiger partial charge < -0.3 is 19.0 Å². The van der Waals surface area contributed by atoms with E-state index in [0.717, 1.165) is 30.2 Å². The molecule has 34 heavy (non-hydrogen) atoms. The summed E-state index contributed by atoms with van der Waals surface area (Å²) in [6.45, 7) is 2.86. The molecule has 0 radical (unpaired) electrons. The molecule has 1 fully saturated rings. The van der Waals surface area contributed by atoms with Gasteiger partial charge in [-0.1, -0.05) is 42.1 Å². The Bertz CT molecular complexity index is 1230. The summed E-state index contributed by atoms with van der Waals surface area (Å²) in [4.78, 5) is 17.2. The maximum Gasteiger partial charge on any atom is 0.233 e. The number of aromatic nitrogens is 3. The average Bonchev–Trinajstić information content (AvgIpc) is 3.58. The third-order valence-corrected chi connectivity index (χ3v) is 6.69. The summed E-state index contributed by atoms with van der Waals surface area (Å²) in [5, 5.41) is 9.35. The number of piperazine rings is 1. The molecule has 1 amide bonds. The van der Waals surface area contributed by atoms with Crippen LogP contribution in [-0.4, -0.2) is 64.6 Å². The number of methoxy groups -OCH3 is 1. The normalized spacial score (nSPS) is 13.8. The zero-order valence-corrected chi connectivity index (χ0v) is 19.6. The Hall–Kier alpha value is -3.72. The number of para-hydroxylation sites is 3. The fraction of sp³-hybridized carbons (Fsp3) is 0.240. The minimum Gasteiger partial charge on any atom is -0.495 e. The molecule has 9 heteroatoms. The van der Waals surface area contributed by atoms with Crippen molar-refractivity contribution in [2.75, 3.05) is 43.9 Å². The van der Waals surface area contributed by atoms with E-state index in [-0.39, 0.29) is 11.7 Å². The standard InChI is InChI=1S/C25H25N5O3S/c1-32-21-11-6-5-10-20(21)28-13-15-29(16-14-28)23(31)18-34-25-27-26-24(22-12-7-17-33-22)30(25)19-8-3-2-4-9-19/h2-12,17H,13-16,18H2,1H3. The number of hydrogen-bond donors (Lipinski definition) is 0. The van der Waals surface area contributed by atoms with Gasteiger partial charge >= 0.3 is 0 Å². The Morgan fingerprint density at radius 3 is 2.47 bits per heavy atom. The van der Waals surface area contributed by atoms with E-state index in [0.29, 0.717) is 29.8 Å². The number of thioether (sulfide) groups is 1. The molecule has 4 aromatic rings. The van der Waals surface area contributed by atoms with Gasteiger partial charge in [-0.3, -0.25) is 9.36 Å². The van der Waals surface area contributed by atoms with Gasteiger partial charge in [0.2, 0.25) is 11.7 Å². The number of amides is 1. The summed E-state index contributed by atoms with van der Waals surface area (Å²) in [7, 11) is 1.68. The number of rotatable bonds is 7. The SMILES string of the molecule is COc1ccccc1N1CCN(C(=O)CSc2nnc(-c3ccco3)n2-c2ccccc2)CC1. The minimum absolute atomic E-state index is 0.0897. The van der Waals surface area contributed by atoms with E-state index in [1.54, 1.807) is 13.4 Å². The average molecular weight is 476 g/mol. The molecule has 2 aromatic heterocycles. The number of anilines is 1. The molecule has 0 aliphatic carbocycles. The Morgan fingerprint density at radius 1 is 0.971 bits per heavy atom. The highest BCUT2D eigenvalue weighted by Gasteiger charge is 2.24. The molecule has 0 saturated carbocycles. The van der Waals surface area contributed by atoms with Crippen LogP contribution in [0.15, 0.2) is 82.6 Å². The predicted octanol–water partition coefficient (Wildman–Crippen LogP) is 3.98. The second kappa shape index (κ2) is 10.0. The van der Waals surface area contributed by atoms with Crippen molar-refractivity contribution < 1.29 is 13.9 Å². The number of nitrogens with zero attached hydrogens (tertiary/aromatic N) is 5. The van der Waals surface area contributed by atoms with Crippen molar-refractivity contribution in [3.8, 4) is 23.0 Å². The first-order valence-electron chi connectivity index (χ1n) is 11.1. The lowest BCUT2D eigenvalue weighted by Gasteiger charge is -2.36. The molecule has 1 aliphatic heterocycles. The van der Waals surface area contributed by atoms with Crippen LogP contribution in [0.25, 0.3) is 17.3 Å². The fourth-order valence-corrected chi connectivity index (χ4v) is 4.90. The van der Waals surface area contributed by atoms with E-state index < -0.39 is 0 Å². The lowest BCUT2D eigenvalue weighted by Crippen LogP contribution is -2.49. The van der Waals surface area contributed by atoms with Crippen LogP contribution >= 0.6 is 11.8 Å². The number of carbonyl (C=O) groups is 1. The van der Waals surface area contributed by atoms with Gasteiger partial charge in [-0.2, -0.15) is 0 Å². The first kappa shape index (κ1) is 22.1. The number of furan rings is 1. The maximum absolute atomic E-state index is 13.0. The fourth-order valence-electron chi connectivity index (χ4n) is 4.04. The van der Waals surface area contributed by atoms with Gasteiger partial charge in [0.05, 0.1) is 24.8 Å². The van der Waals surface area contributed by atoms with Crippen molar-refractivity contribution in [2.24, 2.45) is 0 Å². The highest BCUT2D eigenvalue weighted by atomic mass is 32.2. The summed E-state index contributed by atoms with van der Waals surface area (Å²) in [6.07, 6.45) is 1.61. The smallest absolute Gasteiger partial charge is 0.233 e. The molecule has 1 saturated heterocycles. The molecule has 8 nitrogen and oxygen atoms in total. The summed E-state index contributed by atoms with van der Waals surface area (Å²) in [6, 6.07) is 21.5. The third kappa shape index (κ3) is 4.51. The Kier molecular flexibility index (Phi) is 6.53. The Morgan fingerprint density at radius 2 is 1.74 bits per heavy atom. The van der Waals surface area contributed by atoms with Gasteiger partial charge in [0.15, 0.2) is 10.9 Å². The van der Waals surface area contributed by atoms with Crippen LogP contribution in [0.5, 0.6) is 5.75 Å². The molecule has 0 unspecified atom stereocenters. The Labute approximate surface area is 202 Å². The van der Waals surface area contributed by atoms with Crippen LogP contribution in [0.4, 0.5) is 5.69 Å². The largest absolute Gasteiger partial charge is 0.495 e. The van der Waals surface area contributed by atoms with Crippen LogP contribution < -0.4 is 9.64 Å². The molecular formula is C25H25N5O3S. The first-order valence-corrected chi connectivity index (χ1v) is 12.1. The predicted molar refractivity (Wildman–Crippen MR) is 132 cm³/mol. The zero-order chi connectivity index (χ0) is 23.3. The van der Waals surface area contributed by atoms with Gasteiger partial charge in [-0.05, 0) is 36.4 Å². The van der Waals surface area contributed by atoms with Crippen LogP contribution in [0.1, 0.15) is 0 Å². The van der Waals surface area contributed by atoms with E-state index in [1.807, 2.05) is 70.1 Å². The second-order valence-electron chi connectivity index (χ2n) is 7.78. The van der Waals surface area contributed by atoms with Crippen molar-refractivity contribution >= 4 is 23.4 Å². The van der Waals surface area contributed by atoms with E-state index in [4.69, 9.17) is 9.15 Å². The van der Waals surface area contributed by atoms with Crippen molar-refractivity contribution in [2.45, 2.75) is 5.16 Å². The van der Waals surface area contributed by atoms with Gasteiger partial charge in [-0.25, -0.2) is 0 Å². The quantitative estimate of drug-likeness (QED) is 0.374. The zero-order valence-electron chi connectivity index (χ0n) is 18.8. The summed E-state index contributed by atoms with van der Waals surface area (Å²) in [5.41, 5.74) is 1.98. The van der Waals surface area contributed by atoms with Gasteiger partial charge in [0.25, 0.3) is 0 Å². The van der Waals surface area contributed by atoms with Crippen LogP contribution in [0.2, 0.25) is 0 Å². The molecule has 5 rings (SSSR count). The van der Waals surface area contributed by atoms with Gasteiger partial charge in [-0.15, -0.1) is 10.2 Å². The van der Waals surface area contributed by atoms with Crippen molar-refractivity contribution in [3.05, 3.63) is 73.0 Å². The molecule has 174 valence electrons. The molecular weight excluding hydrogens is 450 g/mol. The second-order valence-corrected chi connectivity index (χ2v) is 8.73. The minimum atomic E-state index is 0.0897. The van der Waals surface area contributed by atoms with Crippen LogP contribution in [0, 0.1) is 0 Å². The Balaban J connectivity index is 1.26. The monoisotopic (exact) mass is 475 g/mol. The summed E-state index contributed by atoms with van der Waals surface area (Å²) >= 11 is 1.39. The molecule has 0 bridgehead atoms. The van der Waals surface area contributed by atoms with Crippen molar-refractivity contribution in [3.63, 3.8) is 0 Å². The van der Waals surface area contributed by atoms with Gasteiger partial charge in [0, 0.05) is 31.9 Å². The molecule has 1 aliphatic rings. The van der Waals surface area contributed by atoms with Crippen LogP contribution in [-0.2, 0) is 4.79 Å².